The van der Waals surface area contributed by atoms with Crippen LogP contribution in [0.3, 0.4) is 0 Å². The molecule has 23 nitrogen and oxygen atoms in total. The van der Waals surface area contributed by atoms with Gasteiger partial charge >= 0.3 is 0 Å². The Morgan fingerprint density at radius 3 is 1.29 bits per heavy atom. The fraction of sp³-hybridized carbons (Fsp3) is 0.797. The molecular formula is C64H117N11O12. The number of allylic oxidation sites excluding steroid dienone is 2. The quantitative estimate of drug-likeness (QED) is 0.0545. The number of carbonyl (C=O) groups is 11. The highest BCUT2D eigenvalue weighted by Crippen LogP contribution is 2.26. The van der Waals surface area contributed by atoms with E-state index in [9.17, 15) is 48.3 Å². The van der Waals surface area contributed by atoms with Gasteiger partial charge in [0, 0.05) is 55.3 Å². The van der Waals surface area contributed by atoms with Crippen molar-refractivity contribution in [1.29, 1.82) is 0 Å². The Morgan fingerprint density at radius 1 is 0.448 bits per heavy atom. The Kier molecular flexibility index (Phi) is 35.0. The number of aliphatic hydroxyl groups excluding tert-OH is 1. The van der Waals surface area contributed by atoms with Crippen molar-refractivity contribution in [3.05, 3.63) is 12.2 Å². The maximum Gasteiger partial charge on any atom is 0.246 e. The molecule has 0 aromatic heterocycles. The zero-order valence-corrected chi connectivity index (χ0v) is 57.8. The standard InChI is InChI=1S/C64H117N11O12/c1-26-29-30-42(16)54(77)53(58(81)68-46(28-3)61(84)69(19)35-51(76)70(20)47(55(65)78)31-36(4)5)75(25)64(87)52(41(14)15)74(24)63(86)50(34-39(10)11)73(23)62(85)49(33-38(8)9)72(22)60(83)44(18)66-56(79)45(27-2)67-57(80)48(32-37(6)7)71(21)59(82)43(17)40(12)13/h26,29,36-50,52-54,77H,27-28,30-35H2,1-25H3,(H2,65,78)(H,66,79)(H,67,80)(H,68,81)/b29-26-/t42-,43+,44+,45?,46+,47+,48+,49+,50-,52+,53?,54+/m1/s1. The highest BCUT2D eigenvalue weighted by Gasteiger charge is 2.45. The van der Waals surface area contributed by atoms with Crippen LogP contribution in [-0.4, -0.2) is 221 Å². The summed E-state index contributed by atoms with van der Waals surface area (Å²) in [4.78, 5) is 164. The number of carbonyl (C=O) groups excluding carboxylic acids is 11. The summed E-state index contributed by atoms with van der Waals surface area (Å²) in [5.41, 5.74) is 5.63. The minimum absolute atomic E-state index is 0.0367. The number of hydrogen-bond donors (Lipinski definition) is 5. The van der Waals surface area contributed by atoms with Crippen LogP contribution in [0.2, 0.25) is 0 Å². The van der Waals surface area contributed by atoms with Crippen LogP contribution in [0.1, 0.15) is 170 Å². The lowest BCUT2D eigenvalue weighted by Gasteiger charge is -2.41. The summed E-state index contributed by atoms with van der Waals surface area (Å²) in [6.45, 7) is 32.2. The first-order valence-corrected chi connectivity index (χ1v) is 31.4. The third-order valence-electron chi connectivity index (χ3n) is 16.6. The summed E-state index contributed by atoms with van der Waals surface area (Å²) < 4.78 is 0. The Labute approximate surface area is 522 Å². The van der Waals surface area contributed by atoms with Gasteiger partial charge in [-0.3, -0.25) is 52.7 Å². The lowest BCUT2D eigenvalue weighted by molar-refractivity contribution is -0.157. The second kappa shape index (κ2) is 37.7. The van der Waals surface area contributed by atoms with Crippen molar-refractivity contribution in [2.45, 2.75) is 230 Å². The summed E-state index contributed by atoms with van der Waals surface area (Å²) in [7, 11) is 10.1. The molecule has 0 saturated carbocycles. The SMILES string of the molecule is C/C=C\C[C@@H](C)[C@H](O)C(C(=O)N[C@@H](CC)C(=O)N(C)CC(=O)N(C)[C@@H](CC(C)C)C(N)=O)N(C)C(=O)[C@H](C(C)C)N(C)C(=O)[C@@H](CC(C)C)N(C)C(=O)[C@H](CC(C)C)N(C)C(=O)[C@H](C)NC(=O)C(CC)NC(=O)[C@H](CC(C)C)N(C)C(=O)[C@@H](C)C(C)C. The van der Waals surface area contributed by atoms with Crippen LogP contribution in [0, 0.1) is 47.3 Å². The van der Waals surface area contributed by atoms with E-state index in [0.717, 1.165) is 9.80 Å². The van der Waals surface area contributed by atoms with Gasteiger partial charge in [0.2, 0.25) is 65.0 Å². The monoisotopic (exact) mass is 1230 g/mol. The molecule has 0 aliphatic rings. The highest BCUT2D eigenvalue weighted by atomic mass is 16.3. The van der Waals surface area contributed by atoms with Gasteiger partial charge in [0.25, 0.3) is 0 Å². The van der Waals surface area contributed by atoms with E-state index >= 15 is 9.59 Å². The molecule has 0 rings (SSSR count). The summed E-state index contributed by atoms with van der Waals surface area (Å²) in [6, 6.07) is -10.4. The predicted octanol–water partition coefficient (Wildman–Crippen LogP) is 4.28. The van der Waals surface area contributed by atoms with Gasteiger partial charge in [0.1, 0.15) is 54.4 Å². The third-order valence-corrected chi connectivity index (χ3v) is 16.6. The molecule has 2 unspecified atom stereocenters. The maximum absolute atomic E-state index is 15.1. The summed E-state index contributed by atoms with van der Waals surface area (Å²) in [5, 5.41) is 20.3. The molecule has 500 valence electrons. The van der Waals surface area contributed by atoms with Gasteiger partial charge in [-0.15, -0.1) is 0 Å². The average Bonchev–Trinajstić information content (AvgIpc) is 2.79. The Morgan fingerprint density at radius 2 is 0.862 bits per heavy atom. The molecule has 12 atom stereocenters. The van der Waals surface area contributed by atoms with E-state index in [0.29, 0.717) is 19.3 Å². The number of aliphatic hydroxyl groups is 1. The predicted molar refractivity (Wildman–Crippen MR) is 339 cm³/mol. The molecule has 0 heterocycles. The van der Waals surface area contributed by atoms with Crippen LogP contribution in [0.5, 0.6) is 0 Å². The number of nitrogens with zero attached hydrogens (tertiary/aromatic N) is 7. The van der Waals surface area contributed by atoms with Gasteiger partial charge in [0.15, 0.2) is 0 Å². The largest absolute Gasteiger partial charge is 0.390 e. The van der Waals surface area contributed by atoms with Crippen molar-refractivity contribution in [2.75, 3.05) is 55.9 Å². The van der Waals surface area contributed by atoms with Crippen LogP contribution in [0.25, 0.3) is 0 Å². The normalized spacial score (nSPS) is 16.0. The van der Waals surface area contributed by atoms with E-state index in [1.807, 2.05) is 76.2 Å². The number of nitrogens with two attached hydrogens (primary N) is 1. The third kappa shape index (κ3) is 24.1. The maximum atomic E-state index is 15.1. The van der Waals surface area contributed by atoms with Crippen LogP contribution >= 0.6 is 0 Å². The minimum atomic E-state index is -1.60. The van der Waals surface area contributed by atoms with E-state index < -0.39 is 138 Å². The van der Waals surface area contributed by atoms with Crippen molar-refractivity contribution in [1.82, 2.24) is 50.2 Å². The van der Waals surface area contributed by atoms with Crippen LogP contribution in [-0.2, 0) is 52.7 Å². The molecule has 0 saturated heterocycles. The molecule has 0 spiro atoms. The van der Waals surface area contributed by atoms with E-state index in [1.165, 1.54) is 73.7 Å². The average molecular weight is 1230 g/mol. The lowest BCUT2D eigenvalue weighted by Crippen LogP contribution is -2.63. The first kappa shape index (κ1) is 80.9. The molecule has 87 heavy (non-hydrogen) atoms. The highest BCUT2D eigenvalue weighted by molar-refractivity contribution is 5.99. The molecule has 0 bridgehead atoms. The van der Waals surface area contributed by atoms with Crippen LogP contribution in [0.4, 0.5) is 0 Å². The van der Waals surface area contributed by atoms with Crippen LogP contribution in [0.15, 0.2) is 12.2 Å². The van der Waals surface area contributed by atoms with E-state index in [4.69, 9.17) is 5.73 Å². The Bertz CT molecular complexity index is 2330. The molecule has 0 aliphatic carbocycles. The van der Waals surface area contributed by atoms with Gasteiger partial charge < -0.3 is 61.1 Å². The van der Waals surface area contributed by atoms with E-state index in [2.05, 4.69) is 16.0 Å². The van der Waals surface area contributed by atoms with Gasteiger partial charge in [-0.1, -0.05) is 123 Å². The Balaban J connectivity index is 7.12. The summed E-state index contributed by atoms with van der Waals surface area (Å²) >= 11 is 0. The molecule has 0 radical (unpaired) electrons. The first-order valence-electron chi connectivity index (χ1n) is 31.4. The number of hydrogen-bond acceptors (Lipinski definition) is 12. The van der Waals surface area contributed by atoms with Gasteiger partial charge in [0.05, 0.1) is 12.6 Å². The topological polar surface area (TPSA) is 293 Å². The molecule has 0 fully saturated rings. The fourth-order valence-corrected chi connectivity index (χ4v) is 10.6. The van der Waals surface area contributed by atoms with Crippen molar-refractivity contribution < 1.29 is 57.8 Å². The number of amides is 11. The molecular weight excluding hydrogens is 1110 g/mol. The van der Waals surface area contributed by atoms with Gasteiger partial charge in [-0.05, 0) is 100 Å². The molecule has 23 heteroatoms. The zero-order chi connectivity index (χ0) is 68.0. The van der Waals surface area contributed by atoms with Gasteiger partial charge in [-0.2, -0.15) is 0 Å². The van der Waals surface area contributed by atoms with Crippen molar-refractivity contribution in [2.24, 2.45) is 53.1 Å². The molecule has 0 aromatic rings. The van der Waals surface area contributed by atoms with Crippen molar-refractivity contribution >= 4 is 65.0 Å². The number of nitrogens with one attached hydrogen (secondary N) is 3. The molecule has 6 N–H and O–H groups in total. The second-order valence-electron chi connectivity index (χ2n) is 26.5. The summed E-state index contributed by atoms with van der Waals surface area (Å²) in [5.74, 6) is -8.34. The van der Waals surface area contributed by atoms with Crippen molar-refractivity contribution in [3.8, 4) is 0 Å². The lowest BCUT2D eigenvalue weighted by atomic mass is 9.91. The molecule has 0 aromatic carbocycles. The molecule has 0 aliphatic heterocycles. The first-order chi connectivity index (χ1) is 40.1. The fourth-order valence-electron chi connectivity index (χ4n) is 10.6. The van der Waals surface area contributed by atoms with Crippen LogP contribution < -0.4 is 21.7 Å². The minimum Gasteiger partial charge on any atom is -0.390 e. The van der Waals surface area contributed by atoms with Gasteiger partial charge in [-0.25, -0.2) is 0 Å². The smallest absolute Gasteiger partial charge is 0.246 e. The Hall–Kier alpha value is -6.13. The summed E-state index contributed by atoms with van der Waals surface area (Å²) in [6.07, 6.45) is 3.60. The molecule has 11 amide bonds. The van der Waals surface area contributed by atoms with E-state index in [-0.39, 0.29) is 67.1 Å². The number of primary amides is 1. The number of rotatable bonds is 37. The number of likely N-dealkylation sites (N-methyl/N-ethyl adjacent to an activating group) is 7. The second-order valence-corrected chi connectivity index (χ2v) is 26.5. The van der Waals surface area contributed by atoms with E-state index in [1.54, 1.807) is 60.7 Å². The van der Waals surface area contributed by atoms with Crippen molar-refractivity contribution in [3.63, 3.8) is 0 Å². The zero-order valence-electron chi connectivity index (χ0n) is 57.8.